The number of rotatable bonds is 1. The van der Waals surface area contributed by atoms with Gasteiger partial charge in [-0.05, 0) is 24.0 Å². The summed E-state index contributed by atoms with van der Waals surface area (Å²) in [5.74, 6) is 0. The molecule has 2 rings (SSSR count). The quantitative estimate of drug-likeness (QED) is 0.670. The summed E-state index contributed by atoms with van der Waals surface area (Å²) in [6.45, 7) is 0. The van der Waals surface area contributed by atoms with Crippen molar-refractivity contribution in [2.75, 3.05) is 0 Å². The fraction of sp³-hybridized carbons (Fsp3) is 0.154. The Labute approximate surface area is 92.1 Å². The van der Waals surface area contributed by atoms with Gasteiger partial charge in [-0.3, -0.25) is 0 Å². The van der Waals surface area contributed by atoms with E-state index in [1.165, 1.54) is 12.2 Å². The molecule has 0 heterocycles. The minimum atomic E-state index is -4.28. The van der Waals surface area contributed by atoms with E-state index >= 15 is 0 Å². The van der Waals surface area contributed by atoms with Gasteiger partial charge >= 0.3 is 6.18 Å². The molecule has 0 nitrogen and oxygen atoms in total. The number of alkyl halides is 3. The smallest absolute Gasteiger partial charge is 0.166 e. The first-order valence-electron chi connectivity index (χ1n) is 4.95. The number of hydrogen-bond acceptors (Lipinski definition) is 0. The Hall–Kier alpha value is -1.51. The van der Waals surface area contributed by atoms with Crippen molar-refractivity contribution in [3.63, 3.8) is 0 Å². The second kappa shape index (κ2) is 4.16. The van der Waals surface area contributed by atoms with Crippen molar-refractivity contribution in [2.45, 2.75) is 12.6 Å². The predicted octanol–water partition coefficient (Wildman–Crippen LogP) is 4.17. The zero-order valence-corrected chi connectivity index (χ0v) is 8.46. The molecule has 0 aliphatic heterocycles. The molecular formula is C13H10F3. The van der Waals surface area contributed by atoms with Gasteiger partial charge in [0.25, 0.3) is 0 Å². The molecule has 1 aromatic carbocycles. The third-order valence-corrected chi connectivity index (χ3v) is 2.42. The van der Waals surface area contributed by atoms with Crippen molar-refractivity contribution >= 4 is 5.57 Å². The molecule has 0 spiro atoms. The first-order chi connectivity index (χ1) is 7.59. The van der Waals surface area contributed by atoms with Gasteiger partial charge in [0.2, 0.25) is 0 Å². The zero-order chi connectivity index (χ0) is 11.6. The Morgan fingerprint density at radius 1 is 1.00 bits per heavy atom. The van der Waals surface area contributed by atoms with Crippen molar-refractivity contribution in [3.8, 4) is 0 Å². The van der Waals surface area contributed by atoms with Crippen LogP contribution in [0.2, 0.25) is 0 Å². The molecule has 0 unspecified atom stereocenters. The SMILES string of the molecule is FC(F)(F)C1=CC[CH]C=C1c1ccccc1. The van der Waals surface area contributed by atoms with Gasteiger partial charge in [-0.1, -0.05) is 42.5 Å². The van der Waals surface area contributed by atoms with Crippen LogP contribution < -0.4 is 0 Å². The molecule has 0 saturated heterocycles. The summed E-state index contributed by atoms with van der Waals surface area (Å²) in [6.07, 6.45) is 0.555. The third-order valence-electron chi connectivity index (χ3n) is 2.42. The van der Waals surface area contributed by atoms with Crippen LogP contribution in [0.5, 0.6) is 0 Å². The zero-order valence-electron chi connectivity index (χ0n) is 8.46. The van der Waals surface area contributed by atoms with Gasteiger partial charge in [0, 0.05) is 0 Å². The average molecular weight is 223 g/mol. The molecule has 0 amide bonds. The molecular weight excluding hydrogens is 213 g/mol. The number of benzene rings is 1. The van der Waals surface area contributed by atoms with Crippen molar-refractivity contribution in [3.05, 3.63) is 60.0 Å². The molecule has 83 valence electrons. The first-order valence-corrected chi connectivity index (χ1v) is 4.95. The average Bonchev–Trinajstić information content (AvgIpc) is 2.29. The summed E-state index contributed by atoms with van der Waals surface area (Å²) >= 11 is 0. The second-order valence-corrected chi connectivity index (χ2v) is 3.53. The van der Waals surface area contributed by atoms with Crippen LogP contribution in [0.25, 0.3) is 5.57 Å². The molecule has 0 aromatic heterocycles. The molecule has 1 aliphatic carbocycles. The summed E-state index contributed by atoms with van der Waals surface area (Å²) < 4.78 is 38.3. The van der Waals surface area contributed by atoms with Crippen LogP contribution in [0.1, 0.15) is 12.0 Å². The maximum atomic E-state index is 12.8. The van der Waals surface area contributed by atoms with Crippen LogP contribution in [-0.2, 0) is 0 Å². The first kappa shape index (κ1) is 11.0. The van der Waals surface area contributed by atoms with Crippen molar-refractivity contribution in [1.82, 2.24) is 0 Å². The Morgan fingerprint density at radius 2 is 1.69 bits per heavy atom. The largest absolute Gasteiger partial charge is 0.416 e. The molecule has 0 saturated carbocycles. The molecule has 3 heteroatoms. The number of hydrogen-bond donors (Lipinski definition) is 0. The normalized spacial score (nSPS) is 16.7. The van der Waals surface area contributed by atoms with Gasteiger partial charge in [-0.15, -0.1) is 0 Å². The Kier molecular flexibility index (Phi) is 2.86. The molecule has 1 radical (unpaired) electrons. The number of allylic oxidation sites excluding steroid dienone is 4. The van der Waals surface area contributed by atoms with Gasteiger partial charge in [-0.25, -0.2) is 0 Å². The summed E-state index contributed by atoms with van der Waals surface area (Å²) in [6, 6.07) is 8.63. The molecule has 0 fully saturated rings. The van der Waals surface area contributed by atoms with Gasteiger partial charge in [0.15, 0.2) is 0 Å². The lowest BCUT2D eigenvalue weighted by Crippen LogP contribution is -2.15. The van der Waals surface area contributed by atoms with E-state index in [2.05, 4.69) is 0 Å². The molecule has 16 heavy (non-hydrogen) atoms. The van der Waals surface area contributed by atoms with E-state index in [-0.39, 0.29) is 5.57 Å². The Bertz CT molecular complexity index is 424. The molecule has 0 atom stereocenters. The maximum absolute atomic E-state index is 12.8. The lowest BCUT2D eigenvalue weighted by Gasteiger charge is -2.18. The van der Waals surface area contributed by atoms with E-state index in [4.69, 9.17) is 0 Å². The van der Waals surface area contributed by atoms with Crippen LogP contribution in [0.4, 0.5) is 13.2 Å². The highest BCUT2D eigenvalue weighted by molar-refractivity contribution is 5.82. The van der Waals surface area contributed by atoms with E-state index in [1.807, 2.05) is 0 Å². The number of halogens is 3. The minimum Gasteiger partial charge on any atom is -0.166 e. The molecule has 1 aliphatic rings. The fourth-order valence-corrected chi connectivity index (χ4v) is 1.71. The summed E-state index contributed by atoms with van der Waals surface area (Å²) in [4.78, 5) is 0. The minimum absolute atomic E-state index is 0.249. The Morgan fingerprint density at radius 3 is 2.31 bits per heavy atom. The van der Waals surface area contributed by atoms with E-state index in [9.17, 15) is 13.2 Å². The topological polar surface area (TPSA) is 0 Å². The van der Waals surface area contributed by atoms with Gasteiger partial charge in [-0.2, -0.15) is 13.2 Å². The lowest BCUT2D eigenvalue weighted by molar-refractivity contribution is -0.0873. The summed E-state index contributed by atoms with van der Waals surface area (Å²) in [5, 5.41) is 0. The summed E-state index contributed by atoms with van der Waals surface area (Å²) in [5.41, 5.74) is 0.308. The van der Waals surface area contributed by atoms with Gasteiger partial charge in [0.1, 0.15) is 0 Å². The fourth-order valence-electron chi connectivity index (χ4n) is 1.71. The predicted molar refractivity (Wildman–Crippen MR) is 57.5 cm³/mol. The molecule has 0 N–H and O–H groups in total. The van der Waals surface area contributed by atoms with Crippen molar-refractivity contribution in [2.24, 2.45) is 0 Å². The monoisotopic (exact) mass is 223 g/mol. The third kappa shape index (κ3) is 2.18. The van der Waals surface area contributed by atoms with Crippen LogP contribution in [-0.4, -0.2) is 6.18 Å². The van der Waals surface area contributed by atoms with Gasteiger partial charge in [0.05, 0.1) is 5.57 Å². The van der Waals surface area contributed by atoms with Crippen LogP contribution in [0, 0.1) is 6.42 Å². The van der Waals surface area contributed by atoms with Gasteiger partial charge < -0.3 is 0 Å². The van der Waals surface area contributed by atoms with E-state index in [0.29, 0.717) is 12.0 Å². The highest BCUT2D eigenvalue weighted by Gasteiger charge is 2.36. The Balaban J connectivity index is 2.41. The molecule has 1 aromatic rings. The van der Waals surface area contributed by atoms with Crippen LogP contribution in [0.15, 0.2) is 48.1 Å². The van der Waals surface area contributed by atoms with Crippen molar-refractivity contribution < 1.29 is 13.2 Å². The van der Waals surface area contributed by atoms with Crippen molar-refractivity contribution in [1.29, 1.82) is 0 Å². The standard InChI is InChI=1S/C13H10F3/c14-13(15,16)12-9-5-4-8-11(12)10-6-2-1-3-7-10/h1-4,6-9H,5H2. The van der Waals surface area contributed by atoms with E-state index < -0.39 is 11.7 Å². The van der Waals surface area contributed by atoms with E-state index in [0.717, 1.165) is 0 Å². The maximum Gasteiger partial charge on any atom is 0.416 e. The lowest BCUT2D eigenvalue weighted by atomic mass is 9.91. The van der Waals surface area contributed by atoms with Crippen LogP contribution >= 0.6 is 0 Å². The highest BCUT2D eigenvalue weighted by Crippen LogP contribution is 2.38. The summed E-state index contributed by atoms with van der Waals surface area (Å²) in [7, 11) is 0. The second-order valence-electron chi connectivity index (χ2n) is 3.53. The highest BCUT2D eigenvalue weighted by atomic mass is 19.4. The molecule has 0 bridgehead atoms. The van der Waals surface area contributed by atoms with E-state index in [1.54, 1.807) is 36.8 Å². The van der Waals surface area contributed by atoms with Crippen LogP contribution in [0.3, 0.4) is 0 Å².